The topological polar surface area (TPSA) is 69.0 Å². The predicted molar refractivity (Wildman–Crippen MR) is 107 cm³/mol. The highest BCUT2D eigenvalue weighted by molar-refractivity contribution is 7.99. The molecule has 1 aromatic carbocycles. The van der Waals surface area contributed by atoms with E-state index >= 15 is 0 Å². The molecule has 27 heavy (non-hydrogen) atoms. The van der Waals surface area contributed by atoms with Gasteiger partial charge in [-0.1, -0.05) is 49.7 Å². The number of carbonyl (C=O) groups is 1. The summed E-state index contributed by atoms with van der Waals surface area (Å²) >= 11 is 1.41. The van der Waals surface area contributed by atoms with E-state index in [2.05, 4.69) is 22.4 Å². The summed E-state index contributed by atoms with van der Waals surface area (Å²) in [5.41, 5.74) is 1.09. The molecule has 146 valence electrons. The average molecular weight is 389 g/mol. The predicted octanol–water partition coefficient (Wildman–Crippen LogP) is 3.49. The monoisotopic (exact) mass is 388 g/mol. The molecule has 1 aliphatic rings. The third-order valence-corrected chi connectivity index (χ3v) is 6.19. The second-order valence-electron chi connectivity index (χ2n) is 7.24. The second-order valence-corrected chi connectivity index (χ2v) is 8.18. The largest absolute Gasteiger partial charge is 0.485 e. The van der Waals surface area contributed by atoms with Gasteiger partial charge in [-0.3, -0.25) is 4.79 Å². The molecule has 0 bridgehead atoms. The van der Waals surface area contributed by atoms with E-state index in [1.54, 1.807) is 0 Å². The fraction of sp³-hybridized carbons (Fsp3) is 0.550. The maximum absolute atomic E-state index is 12.3. The lowest BCUT2D eigenvalue weighted by atomic mass is 9.86. The van der Waals surface area contributed by atoms with E-state index in [0.29, 0.717) is 24.3 Å². The summed E-state index contributed by atoms with van der Waals surface area (Å²) in [6.07, 6.45) is 4.76. The minimum absolute atomic E-state index is 0.0689. The summed E-state index contributed by atoms with van der Waals surface area (Å²) < 4.78 is 7.73. The number of thioether (sulfide) groups is 1. The second kappa shape index (κ2) is 9.26. The number of rotatable bonds is 7. The van der Waals surface area contributed by atoms with Gasteiger partial charge in [0, 0.05) is 13.1 Å². The number of benzene rings is 1. The molecule has 2 atom stereocenters. The first-order chi connectivity index (χ1) is 13.0. The zero-order valence-electron chi connectivity index (χ0n) is 16.3. The zero-order chi connectivity index (χ0) is 19.2. The van der Waals surface area contributed by atoms with Crippen molar-refractivity contribution < 1.29 is 9.53 Å². The first-order valence-electron chi connectivity index (χ1n) is 9.53. The quantitative estimate of drug-likeness (QED) is 0.736. The van der Waals surface area contributed by atoms with Gasteiger partial charge in [0.2, 0.25) is 5.91 Å². The Morgan fingerprint density at radius 1 is 1.30 bits per heavy atom. The summed E-state index contributed by atoms with van der Waals surface area (Å²) in [7, 11) is 1.90. The lowest BCUT2D eigenvalue weighted by Crippen LogP contribution is -2.41. The Bertz CT molecular complexity index is 777. The Labute approximate surface area is 165 Å². The Balaban J connectivity index is 1.49. The van der Waals surface area contributed by atoms with Crippen LogP contribution >= 0.6 is 11.8 Å². The molecule has 1 aliphatic carbocycles. The number of nitrogens with one attached hydrogen (secondary N) is 1. The molecule has 3 rings (SSSR count). The van der Waals surface area contributed by atoms with Crippen LogP contribution in [-0.2, 0) is 18.4 Å². The van der Waals surface area contributed by atoms with Gasteiger partial charge in [-0.2, -0.15) is 0 Å². The van der Waals surface area contributed by atoms with Crippen LogP contribution in [0.3, 0.4) is 0 Å². The molecule has 7 heteroatoms. The molecular formula is C20H28N4O2S. The van der Waals surface area contributed by atoms with Gasteiger partial charge in [0.1, 0.15) is 12.4 Å². The van der Waals surface area contributed by atoms with Crippen molar-refractivity contribution in [2.45, 2.75) is 57.3 Å². The molecule has 6 nitrogen and oxygen atoms in total. The lowest BCUT2D eigenvalue weighted by molar-refractivity contribution is -0.119. The molecule has 0 radical (unpaired) electrons. The first kappa shape index (κ1) is 19.7. The molecule has 0 unspecified atom stereocenters. The van der Waals surface area contributed by atoms with Crippen molar-refractivity contribution in [3.05, 3.63) is 35.7 Å². The van der Waals surface area contributed by atoms with E-state index in [4.69, 9.17) is 4.74 Å². The normalized spacial score (nSPS) is 19.7. The van der Waals surface area contributed by atoms with Crippen LogP contribution in [0, 0.1) is 12.8 Å². The molecule has 0 saturated heterocycles. The smallest absolute Gasteiger partial charge is 0.230 e. The van der Waals surface area contributed by atoms with E-state index in [1.165, 1.54) is 31.0 Å². The number of para-hydroxylation sites is 1. The zero-order valence-corrected chi connectivity index (χ0v) is 17.1. The Hall–Kier alpha value is -2.02. The van der Waals surface area contributed by atoms with Gasteiger partial charge in [-0.15, -0.1) is 10.2 Å². The van der Waals surface area contributed by atoms with Crippen molar-refractivity contribution in [2.24, 2.45) is 13.0 Å². The molecule has 1 N–H and O–H groups in total. The summed E-state index contributed by atoms with van der Waals surface area (Å²) in [6, 6.07) is 8.20. The van der Waals surface area contributed by atoms with Crippen molar-refractivity contribution >= 4 is 17.7 Å². The van der Waals surface area contributed by atoms with Gasteiger partial charge < -0.3 is 14.6 Å². The first-order valence-corrected chi connectivity index (χ1v) is 10.5. The third-order valence-electron chi connectivity index (χ3n) is 5.17. The number of carbonyl (C=O) groups excluding carboxylic acids is 1. The molecular weight excluding hydrogens is 360 g/mol. The van der Waals surface area contributed by atoms with Gasteiger partial charge in [-0.05, 0) is 37.3 Å². The third kappa shape index (κ3) is 5.25. The fourth-order valence-electron chi connectivity index (χ4n) is 3.37. The summed E-state index contributed by atoms with van der Waals surface area (Å²) in [6.45, 7) is 4.58. The molecule has 0 aliphatic heterocycles. The molecule has 0 spiro atoms. The lowest BCUT2D eigenvalue weighted by Gasteiger charge is -2.29. The van der Waals surface area contributed by atoms with E-state index < -0.39 is 0 Å². The highest BCUT2D eigenvalue weighted by atomic mass is 32.2. The highest BCUT2D eigenvalue weighted by Gasteiger charge is 2.23. The molecule has 1 fully saturated rings. The summed E-state index contributed by atoms with van der Waals surface area (Å²) in [4.78, 5) is 12.3. The van der Waals surface area contributed by atoms with Crippen LogP contribution in [-0.4, -0.2) is 32.5 Å². The van der Waals surface area contributed by atoms with Crippen molar-refractivity contribution in [2.75, 3.05) is 5.75 Å². The fourth-order valence-corrected chi connectivity index (χ4v) is 4.11. The van der Waals surface area contributed by atoms with Gasteiger partial charge >= 0.3 is 0 Å². The summed E-state index contributed by atoms with van der Waals surface area (Å²) in [5.74, 6) is 2.57. The molecule has 1 amide bonds. The van der Waals surface area contributed by atoms with Crippen LogP contribution in [0.25, 0.3) is 0 Å². The number of aromatic nitrogens is 3. The number of hydrogen-bond acceptors (Lipinski definition) is 5. The molecule has 1 saturated carbocycles. The Morgan fingerprint density at radius 2 is 2.07 bits per heavy atom. The van der Waals surface area contributed by atoms with E-state index in [1.807, 2.05) is 42.8 Å². The van der Waals surface area contributed by atoms with Gasteiger partial charge in [0.05, 0.1) is 5.75 Å². The Kier molecular flexibility index (Phi) is 6.77. The molecule has 1 heterocycles. The number of amides is 1. The van der Waals surface area contributed by atoms with Crippen LogP contribution < -0.4 is 10.1 Å². The van der Waals surface area contributed by atoms with Crippen molar-refractivity contribution in [1.29, 1.82) is 0 Å². The van der Waals surface area contributed by atoms with Gasteiger partial charge in [0.15, 0.2) is 11.0 Å². The van der Waals surface area contributed by atoms with E-state index in [0.717, 1.165) is 28.7 Å². The van der Waals surface area contributed by atoms with E-state index in [-0.39, 0.29) is 5.91 Å². The molecule has 1 aromatic heterocycles. The number of aryl methyl sites for hydroxylation is 1. The van der Waals surface area contributed by atoms with Crippen LogP contribution in [0.15, 0.2) is 29.4 Å². The Morgan fingerprint density at radius 3 is 2.85 bits per heavy atom. The number of ether oxygens (including phenoxy) is 1. The van der Waals surface area contributed by atoms with Gasteiger partial charge in [0.25, 0.3) is 0 Å². The summed E-state index contributed by atoms with van der Waals surface area (Å²) in [5, 5.41) is 12.3. The standard InChI is InChI=1S/C20H28N4O2S/c1-14-8-4-6-10-16(14)21-19(25)13-27-20-23-22-18(24(20)3)12-26-17-11-7-5-9-15(17)2/h5,7,9,11,14,16H,4,6,8,10,12-13H2,1-3H3,(H,21,25)/t14-,16+/m1/s1. The minimum atomic E-state index is 0.0689. The average Bonchev–Trinajstić information content (AvgIpc) is 3.01. The minimum Gasteiger partial charge on any atom is -0.485 e. The maximum atomic E-state index is 12.3. The van der Waals surface area contributed by atoms with Crippen molar-refractivity contribution in [3.8, 4) is 5.75 Å². The van der Waals surface area contributed by atoms with Crippen LogP contribution in [0.1, 0.15) is 44.0 Å². The van der Waals surface area contributed by atoms with Gasteiger partial charge in [-0.25, -0.2) is 0 Å². The van der Waals surface area contributed by atoms with Crippen LogP contribution in [0.5, 0.6) is 5.75 Å². The number of nitrogens with zero attached hydrogens (tertiary/aromatic N) is 3. The van der Waals surface area contributed by atoms with Crippen molar-refractivity contribution in [1.82, 2.24) is 20.1 Å². The highest BCUT2D eigenvalue weighted by Crippen LogP contribution is 2.24. The maximum Gasteiger partial charge on any atom is 0.230 e. The van der Waals surface area contributed by atoms with Crippen LogP contribution in [0.4, 0.5) is 0 Å². The van der Waals surface area contributed by atoms with E-state index in [9.17, 15) is 4.79 Å². The molecule has 2 aromatic rings. The van der Waals surface area contributed by atoms with Crippen LogP contribution in [0.2, 0.25) is 0 Å². The number of hydrogen-bond donors (Lipinski definition) is 1. The SMILES string of the molecule is Cc1ccccc1OCc1nnc(SCC(=O)N[C@H]2CCCC[C@H]2C)n1C. The van der Waals surface area contributed by atoms with Crippen molar-refractivity contribution in [3.63, 3.8) is 0 Å².